The van der Waals surface area contributed by atoms with E-state index in [1.54, 1.807) is 11.1 Å². The molecule has 1 aliphatic heterocycles. The molecule has 3 heterocycles. The van der Waals surface area contributed by atoms with E-state index in [1.807, 2.05) is 67.1 Å². The third-order valence-corrected chi connectivity index (χ3v) is 6.16. The van der Waals surface area contributed by atoms with Gasteiger partial charge in [-0.1, -0.05) is 12.1 Å². The van der Waals surface area contributed by atoms with Crippen LogP contribution in [0, 0.1) is 19.8 Å². The number of benzene rings is 2. The molecule has 1 fully saturated rings. The Bertz CT molecular complexity index is 1340. The predicted molar refractivity (Wildman–Crippen MR) is 126 cm³/mol. The number of H-pyrrole nitrogens is 1. The summed E-state index contributed by atoms with van der Waals surface area (Å²) in [6, 6.07) is 13.3. The number of carbonyl (C=O) groups excluding carboxylic acids is 2. The van der Waals surface area contributed by atoms with Gasteiger partial charge in [0.1, 0.15) is 11.6 Å². The van der Waals surface area contributed by atoms with Crippen molar-refractivity contribution in [3.63, 3.8) is 0 Å². The first kappa shape index (κ1) is 20.9. The second-order valence-corrected chi connectivity index (χ2v) is 8.58. The number of hydrogen-bond donors (Lipinski definition) is 2. The van der Waals surface area contributed by atoms with Gasteiger partial charge in [0.25, 0.3) is 5.91 Å². The zero-order valence-electron chi connectivity index (χ0n) is 18.7. The number of amides is 2. The number of rotatable bonds is 5. The van der Waals surface area contributed by atoms with Gasteiger partial charge in [0.05, 0.1) is 17.0 Å². The number of hydrogen-bond acceptors (Lipinski definition) is 4. The SMILES string of the molecule is Cc1nc2ccc(NC(=O)C3CCN(C(=O)c4cccc(Cn5ccnc5C)c4)C3)cc2[nH]1. The second kappa shape index (κ2) is 8.54. The maximum atomic E-state index is 13.1. The van der Waals surface area contributed by atoms with Crippen molar-refractivity contribution < 1.29 is 9.59 Å². The van der Waals surface area contributed by atoms with Gasteiger partial charge in [-0.2, -0.15) is 0 Å². The zero-order chi connectivity index (χ0) is 22.9. The molecule has 33 heavy (non-hydrogen) atoms. The third kappa shape index (κ3) is 4.37. The maximum absolute atomic E-state index is 13.1. The molecular formula is C25H26N6O2. The summed E-state index contributed by atoms with van der Waals surface area (Å²) >= 11 is 0. The standard InChI is InChI=1S/C25H26N6O2/c1-16-27-22-7-6-21(13-23(22)28-16)29-24(32)20-8-10-31(15-20)25(33)19-5-3-4-18(12-19)14-30-11-9-26-17(30)2/h3-7,9,11-13,20H,8,10,14-15H2,1-2H3,(H,27,28)(H,29,32). The monoisotopic (exact) mass is 442 g/mol. The van der Waals surface area contributed by atoms with E-state index in [-0.39, 0.29) is 17.7 Å². The lowest BCUT2D eigenvalue weighted by Gasteiger charge is -2.17. The molecule has 1 atom stereocenters. The van der Waals surface area contributed by atoms with Crippen LogP contribution in [0.1, 0.15) is 34.0 Å². The van der Waals surface area contributed by atoms with Crippen LogP contribution in [-0.2, 0) is 11.3 Å². The van der Waals surface area contributed by atoms with Gasteiger partial charge in [-0.3, -0.25) is 9.59 Å². The number of aromatic nitrogens is 4. The summed E-state index contributed by atoms with van der Waals surface area (Å²) in [5, 5.41) is 2.99. The maximum Gasteiger partial charge on any atom is 0.253 e. The molecule has 2 N–H and O–H groups in total. The number of nitrogens with zero attached hydrogens (tertiary/aromatic N) is 4. The molecule has 0 aliphatic carbocycles. The molecule has 4 aromatic rings. The van der Waals surface area contributed by atoms with Crippen molar-refractivity contribution in [2.24, 2.45) is 5.92 Å². The number of imidazole rings is 2. The van der Waals surface area contributed by atoms with Crippen LogP contribution < -0.4 is 5.32 Å². The Morgan fingerprint density at radius 1 is 1.18 bits per heavy atom. The molecule has 0 saturated carbocycles. The van der Waals surface area contributed by atoms with Gasteiger partial charge in [-0.05, 0) is 56.2 Å². The highest BCUT2D eigenvalue weighted by Crippen LogP contribution is 2.23. The lowest BCUT2D eigenvalue weighted by molar-refractivity contribution is -0.119. The van der Waals surface area contributed by atoms with Crippen LogP contribution in [0.3, 0.4) is 0 Å². The van der Waals surface area contributed by atoms with Gasteiger partial charge in [-0.15, -0.1) is 0 Å². The Morgan fingerprint density at radius 3 is 2.88 bits per heavy atom. The van der Waals surface area contributed by atoms with Crippen molar-refractivity contribution >= 4 is 28.5 Å². The summed E-state index contributed by atoms with van der Waals surface area (Å²) in [7, 11) is 0. The largest absolute Gasteiger partial charge is 0.342 e. The van der Waals surface area contributed by atoms with E-state index in [0.717, 1.165) is 33.9 Å². The summed E-state index contributed by atoms with van der Waals surface area (Å²) < 4.78 is 2.04. The molecule has 8 heteroatoms. The highest BCUT2D eigenvalue weighted by molar-refractivity contribution is 5.97. The second-order valence-electron chi connectivity index (χ2n) is 8.58. The third-order valence-electron chi connectivity index (χ3n) is 6.16. The zero-order valence-corrected chi connectivity index (χ0v) is 18.7. The van der Waals surface area contributed by atoms with Gasteiger partial charge in [-0.25, -0.2) is 9.97 Å². The Hall–Kier alpha value is -3.94. The molecule has 0 spiro atoms. The van der Waals surface area contributed by atoms with Crippen LogP contribution in [0.5, 0.6) is 0 Å². The van der Waals surface area contributed by atoms with E-state index in [4.69, 9.17) is 0 Å². The average Bonchev–Trinajstić information content (AvgIpc) is 3.53. The molecule has 0 radical (unpaired) electrons. The number of aryl methyl sites for hydroxylation is 2. The minimum atomic E-state index is -0.232. The average molecular weight is 443 g/mol. The molecule has 168 valence electrons. The van der Waals surface area contributed by atoms with E-state index in [9.17, 15) is 9.59 Å². The Balaban J connectivity index is 1.22. The molecule has 1 saturated heterocycles. The minimum Gasteiger partial charge on any atom is -0.342 e. The van der Waals surface area contributed by atoms with Crippen LogP contribution in [-0.4, -0.2) is 49.3 Å². The first-order chi connectivity index (χ1) is 16.0. The van der Waals surface area contributed by atoms with Gasteiger partial charge >= 0.3 is 0 Å². The smallest absolute Gasteiger partial charge is 0.253 e. The summed E-state index contributed by atoms with van der Waals surface area (Å²) in [5.41, 5.74) is 4.17. The number of likely N-dealkylation sites (tertiary alicyclic amines) is 1. The summed E-state index contributed by atoms with van der Waals surface area (Å²) in [6.07, 6.45) is 4.35. The fraction of sp³-hybridized carbons (Fsp3) is 0.280. The summed E-state index contributed by atoms with van der Waals surface area (Å²) in [6.45, 7) is 5.51. The summed E-state index contributed by atoms with van der Waals surface area (Å²) in [4.78, 5) is 39.5. The molecular weight excluding hydrogens is 416 g/mol. The Labute approximate surface area is 191 Å². The number of fused-ring (bicyclic) bond motifs is 1. The first-order valence-electron chi connectivity index (χ1n) is 11.1. The fourth-order valence-corrected chi connectivity index (χ4v) is 4.37. The van der Waals surface area contributed by atoms with Crippen LogP contribution in [0.4, 0.5) is 5.69 Å². The molecule has 1 aliphatic rings. The van der Waals surface area contributed by atoms with Gasteiger partial charge in [0.15, 0.2) is 0 Å². The van der Waals surface area contributed by atoms with Gasteiger partial charge in [0, 0.05) is 43.3 Å². The Kier molecular flexibility index (Phi) is 5.42. The number of nitrogens with one attached hydrogen (secondary N) is 2. The van der Waals surface area contributed by atoms with Crippen LogP contribution in [0.2, 0.25) is 0 Å². The molecule has 2 amide bonds. The van der Waals surface area contributed by atoms with Crippen molar-refractivity contribution in [3.05, 3.63) is 77.6 Å². The first-order valence-corrected chi connectivity index (χ1v) is 11.1. The van der Waals surface area contributed by atoms with Gasteiger partial charge in [0.2, 0.25) is 5.91 Å². The van der Waals surface area contributed by atoms with E-state index in [1.165, 1.54) is 0 Å². The van der Waals surface area contributed by atoms with Crippen molar-refractivity contribution in [2.45, 2.75) is 26.8 Å². The predicted octanol–water partition coefficient (Wildman–Crippen LogP) is 3.53. The summed E-state index contributed by atoms with van der Waals surface area (Å²) in [5.74, 6) is 1.43. The fourth-order valence-electron chi connectivity index (χ4n) is 4.37. The number of aromatic amines is 1. The Morgan fingerprint density at radius 2 is 2.06 bits per heavy atom. The van der Waals surface area contributed by atoms with Gasteiger partial charge < -0.3 is 19.8 Å². The molecule has 5 rings (SSSR count). The lowest BCUT2D eigenvalue weighted by atomic mass is 10.1. The van der Waals surface area contributed by atoms with E-state index in [2.05, 4.69) is 20.3 Å². The lowest BCUT2D eigenvalue weighted by Crippen LogP contribution is -2.31. The van der Waals surface area contributed by atoms with Crippen molar-refractivity contribution in [1.82, 2.24) is 24.4 Å². The van der Waals surface area contributed by atoms with E-state index in [0.29, 0.717) is 31.6 Å². The molecule has 2 aromatic heterocycles. The van der Waals surface area contributed by atoms with Crippen molar-refractivity contribution in [3.8, 4) is 0 Å². The van der Waals surface area contributed by atoms with Crippen molar-refractivity contribution in [1.29, 1.82) is 0 Å². The molecule has 0 bridgehead atoms. The van der Waals surface area contributed by atoms with E-state index < -0.39 is 0 Å². The quantitative estimate of drug-likeness (QED) is 0.494. The number of anilines is 1. The van der Waals surface area contributed by atoms with Crippen molar-refractivity contribution in [2.75, 3.05) is 18.4 Å². The highest BCUT2D eigenvalue weighted by Gasteiger charge is 2.31. The van der Waals surface area contributed by atoms with Crippen LogP contribution >= 0.6 is 0 Å². The van der Waals surface area contributed by atoms with Crippen LogP contribution in [0.25, 0.3) is 11.0 Å². The minimum absolute atomic E-state index is 0.0381. The topological polar surface area (TPSA) is 95.9 Å². The van der Waals surface area contributed by atoms with Crippen LogP contribution in [0.15, 0.2) is 54.9 Å². The normalized spacial score (nSPS) is 15.8. The molecule has 8 nitrogen and oxygen atoms in total. The number of carbonyl (C=O) groups is 2. The van der Waals surface area contributed by atoms with E-state index >= 15 is 0 Å². The molecule has 2 aromatic carbocycles. The highest BCUT2D eigenvalue weighted by atomic mass is 16.2. The molecule has 1 unspecified atom stereocenters.